The third kappa shape index (κ3) is 59.4. The van der Waals surface area contributed by atoms with Gasteiger partial charge in [0.2, 0.25) is 0 Å². The topological polar surface area (TPSA) is 72.8 Å². The lowest BCUT2D eigenvalue weighted by atomic mass is 10.0. The van der Waals surface area contributed by atoms with E-state index in [0.717, 1.165) is 89.9 Å². The molecule has 0 aromatic heterocycles. The molecule has 0 amide bonds. The van der Waals surface area contributed by atoms with Crippen LogP contribution in [0.4, 0.5) is 0 Å². The molecular weight excluding hydrogens is 885 g/mol. The van der Waals surface area contributed by atoms with Crippen LogP contribution in [0, 0.1) is 0 Å². The fourth-order valence-corrected chi connectivity index (χ4v) is 8.81. The minimum atomic E-state index is -0.773. The number of aliphatic hydroxyl groups excluding tert-OH is 1. The van der Waals surface area contributed by atoms with Crippen LogP contribution >= 0.6 is 0 Å². The summed E-state index contributed by atoms with van der Waals surface area (Å²) in [4.78, 5) is 24.5. The summed E-state index contributed by atoms with van der Waals surface area (Å²) in [7, 11) is 0. The Morgan fingerprint density at radius 2 is 0.597 bits per heavy atom. The van der Waals surface area contributed by atoms with Gasteiger partial charge in [-0.25, -0.2) is 0 Å². The number of unbranched alkanes of at least 4 members (excludes halogenated alkanes) is 32. The second-order valence-corrected chi connectivity index (χ2v) is 20.4. The molecule has 0 aliphatic rings. The predicted molar refractivity (Wildman–Crippen MR) is 316 cm³/mol. The van der Waals surface area contributed by atoms with Crippen LogP contribution in [0.3, 0.4) is 0 Å². The maximum Gasteiger partial charge on any atom is 0.306 e. The van der Waals surface area contributed by atoms with E-state index in [1.165, 1.54) is 180 Å². The van der Waals surface area contributed by atoms with Gasteiger partial charge in [-0.05, 0) is 77.0 Å². The van der Waals surface area contributed by atoms with Crippen LogP contribution in [0.5, 0.6) is 0 Å². The highest BCUT2D eigenvalue weighted by atomic mass is 16.6. The average Bonchev–Trinajstić information content (AvgIpc) is 3.38. The molecular formula is C67H116O5. The quantitative estimate of drug-likeness (QED) is 0.0373. The van der Waals surface area contributed by atoms with Crippen molar-refractivity contribution in [3.63, 3.8) is 0 Å². The number of rotatable bonds is 56. The SMILES string of the molecule is CC/C=C\C/C=C\C/C=C\C/C=C\C/C=C\C/C=C\C/C=C\C/C=C\CCCCCCCCCCCCCCCCCCC(=O)OC(CO)COC(=O)CCCCCCCCCCCCCCCCCCC. The van der Waals surface area contributed by atoms with Gasteiger partial charge in [-0.15, -0.1) is 0 Å². The van der Waals surface area contributed by atoms with Gasteiger partial charge in [-0.1, -0.05) is 304 Å². The van der Waals surface area contributed by atoms with E-state index in [2.05, 4.69) is 111 Å². The van der Waals surface area contributed by atoms with Gasteiger partial charge in [-0.2, -0.15) is 0 Å². The average molecular weight is 1000 g/mol. The molecule has 0 saturated heterocycles. The predicted octanol–water partition coefficient (Wildman–Crippen LogP) is 21.1. The Kier molecular flexibility index (Phi) is 59.4. The molecule has 0 aromatic carbocycles. The zero-order valence-corrected chi connectivity index (χ0v) is 47.4. The van der Waals surface area contributed by atoms with Crippen molar-refractivity contribution in [1.29, 1.82) is 0 Å². The molecule has 1 atom stereocenters. The summed E-state index contributed by atoms with van der Waals surface area (Å²) in [5, 5.41) is 9.66. The Hall–Kier alpha value is -3.18. The highest BCUT2D eigenvalue weighted by Gasteiger charge is 2.16. The highest BCUT2D eigenvalue weighted by molar-refractivity contribution is 5.70. The number of carbonyl (C=O) groups is 2. The van der Waals surface area contributed by atoms with Gasteiger partial charge >= 0.3 is 11.9 Å². The second-order valence-electron chi connectivity index (χ2n) is 20.4. The van der Waals surface area contributed by atoms with Crippen LogP contribution in [0.25, 0.3) is 0 Å². The first-order valence-electron chi connectivity index (χ1n) is 30.8. The van der Waals surface area contributed by atoms with E-state index in [4.69, 9.17) is 9.47 Å². The van der Waals surface area contributed by atoms with Gasteiger partial charge in [-0.3, -0.25) is 9.59 Å². The summed E-state index contributed by atoms with van der Waals surface area (Å²) in [6.07, 6.45) is 88.3. The Labute approximate surface area is 447 Å². The highest BCUT2D eigenvalue weighted by Crippen LogP contribution is 2.17. The lowest BCUT2D eigenvalue weighted by molar-refractivity contribution is -0.161. The molecule has 0 aromatic rings. The molecule has 1 unspecified atom stereocenters. The summed E-state index contributed by atoms with van der Waals surface area (Å²) in [6.45, 7) is 4.05. The first-order valence-corrected chi connectivity index (χ1v) is 30.8. The number of allylic oxidation sites excluding steroid dienone is 16. The van der Waals surface area contributed by atoms with Crippen molar-refractivity contribution in [3.8, 4) is 0 Å². The maximum atomic E-state index is 12.3. The molecule has 5 nitrogen and oxygen atoms in total. The van der Waals surface area contributed by atoms with Gasteiger partial charge in [0.15, 0.2) is 6.10 Å². The second kappa shape index (κ2) is 62.1. The monoisotopic (exact) mass is 1000 g/mol. The van der Waals surface area contributed by atoms with E-state index in [1.54, 1.807) is 0 Å². The van der Waals surface area contributed by atoms with Crippen molar-refractivity contribution in [1.82, 2.24) is 0 Å². The molecule has 0 bridgehead atoms. The first-order chi connectivity index (χ1) is 35.6. The molecule has 1 N–H and O–H groups in total. The lowest BCUT2D eigenvalue weighted by Gasteiger charge is -2.15. The Morgan fingerprint density at radius 1 is 0.333 bits per heavy atom. The van der Waals surface area contributed by atoms with Gasteiger partial charge in [0.1, 0.15) is 6.61 Å². The largest absolute Gasteiger partial charge is 0.462 e. The van der Waals surface area contributed by atoms with Crippen molar-refractivity contribution in [2.45, 2.75) is 302 Å². The zero-order chi connectivity index (χ0) is 52.0. The molecule has 0 radical (unpaired) electrons. The molecule has 414 valence electrons. The fraction of sp³-hybridized carbons (Fsp3) is 0.731. The van der Waals surface area contributed by atoms with E-state index in [1.807, 2.05) is 0 Å². The van der Waals surface area contributed by atoms with Crippen molar-refractivity contribution < 1.29 is 24.2 Å². The zero-order valence-electron chi connectivity index (χ0n) is 47.4. The molecule has 0 rings (SSSR count). The van der Waals surface area contributed by atoms with Crippen molar-refractivity contribution in [2.24, 2.45) is 0 Å². The van der Waals surface area contributed by atoms with E-state index in [9.17, 15) is 14.7 Å². The van der Waals surface area contributed by atoms with Crippen molar-refractivity contribution >= 4 is 11.9 Å². The van der Waals surface area contributed by atoms with E-state index in [-0.39, 0.29) is 25.2 Å². The molecule has 0 saturated carbocycles. The van der Waals surface area contributed by atoms with Crippen molar-refractivity contribution in [3.05, 3.63) is 97.2 Å². The molecule has 0 aliphatic heterocycles. The number of hydrogen-bond acceptors (Lipinski definition) is 5. The normalized spacial score (nSPS) is 12.9. The molecule has 72 heavy (non-hydrogen) atoms. The minimum Gasteiger partial charge on any atom is -0.462 e. The van der Waals surface area contributed by atoms with E-state index >= 15 is 0 Å². The first kappa shape index (κ1) is 68.8. The molecule has 5 heteroatoms. The van der Waals surface area contributed by atoms with Gasteiger partial charge < -0.3 is 14.6 Å². The van der Waals surface area contributed by atoms with Crippen LogP contribution in [0.1, 0.15) is 296 Å². The minimum absolute atomic E-state index is 0.0636. The van der Waals surface area contributed by atoms with E-state index < -0.39 is 6.10 Å². The number of ether oxygens (including phenoxy) is 2. The van der Waals surface area contributed by atoms with Crippen LogP contribution in [-0.4, -0.2) is 36.4 Å². The van der Waals surface area contributed by atoms with E-state index in [0.29, 0.717) is 12.8 Å². The Bertz CT molecular complexity index is 1360. The molecule has 0 heterocycles. The lowest BCUT2D eigenvalue weighted by Crippen LogP contribution is -2.28. The third-order valence-corrected chi connectivity index (χ3v) is 13.4. The smallest absolute Gasteiger partial charge is 0.306 e. The van der Waals surface area contributed by atoms with Crippen LogP contribution in [0.2, 0.25) is 0 Å². The molecule has 0 spiro atoms. The van der Waals surface area contributed by atoms with Crippen LogP contribution in [0.15, 0.2) is 97.2 Å². The standard InChI is InChI=1S/C67H116O5/c1-3-5-7-9-11-13-15-17-19-21-22-23-24-25-26-27-28-29-30-31-32-33-34-35-36-37-38-39-40-41-42-43-44-46-48-50-52-54-56-58-60-62-67(70)72-65(63-68)64-71-66(69)61-59-57-55-53-51-49-47-45-20-18-16-14-12-10-8-6-4-2/h5,7,11,13,17,19,22-23,25-26,28-29,31-32,34-35,65,68H,3-4,6,8-10,12,14-16,18,20-21,24,27,30,33,36-64H2,1-2H3/b7-5-,13-11-,19-17-,23-22-,26-25-,29-28-,32-31-,35-34-. The Balaban J connectivity index is 3.48. The number of carbonyl (C=O) groups excluding carboxylic acids is 2. The molecule has 0 fully saturated rings. The summed E-state index contributed by atoms with van der Waals surface area (Å²) < 4.78 is 10.7. The number of aliphatic hydroxyl groups is 1. The summed E-state index contributed by atoms with van der Waals surface area (Å²) in [5.41, 5.74) is 0. The van der Waals surface area contributed by atoms with Gasteiger partial charge in [0.05, 0.1) is 6.61 Å². The summed E-state index contributed by atoms with van der Waals surface area (Å²) in [5.74, 6) is -0.579. The fourth-order valence-electron chi connectivity index (χ4n) is 8.81. The Morgan fingerprint density at radius 3 is 0.903 bits per heavy atom. The van der Waals surface area contributed by atoms with Crippen LogP contribution < -0.4 is 0 Å². The summed E-state index contributed by atoms with van der Waals surface area (Å²) in [6, 6.07) is 0. The maximum absolute atomic E-state index is 12.3. The number of esters is 2. The van der Waals surface area contributed by atoms with Gasteiger partial charge in [0.25, 0.3) is 0 Å². The number of hydrogen-bond donors (Lipinski definition) is 1. The van der Waals surface area contributed by atoms with Crippen LogP contribution in [-0.2, 0) is 19.1 Å². The summed E-state index contributed by atoms with van der Waals surface area (Å²) >= 11 is 0. The van der Waals surface area contributed by atoms with Gasteiger partial charge in [0, 0.05) is 12.8 Å². The third-order valence-electron chi connectivity index (χ3n) is 13.4. The van der Waals surface area contributed by atoms with Crippen molar-refractivity contribution in [2.75, 3.05) is 13.2 Å². The molecule has 0 aliphatic carbocycles.